The average molecular weight is 550 g/mol. The predicted molar refractivity (Wildman–Crippen MR) is 153 cm³/mol. The molecule has 0 fully saturated rings. The molecule has 0 aliphatic heterocycles. The molecule has 2 amide bonds. The standard InChI is InChI=1S/C30H35N3O7/c1-16(2)38-26-14-20(31)8-10-23(26)29(36)32-21-9-11-22(25(34)15-21)28(35)33-24-12-7-19(30(37)40-18(5)6)13-27(24)39-17(3)4/h7-18,34H,31H2,1-6H3,(H,32,36)(H,33,35). The summed E-state index contributed by atoms with van der Waals surface area (Å²) >= 11 is 0. The van der Waals surface area contributed by atoms with Crippen molar-refractivity contribution in [3.8, 4) is 17.2 Å². The first-order valence-electron chi connectivity index (χ1n) is 12.9. The number of aromatic hydroxyl groups is 1. The van der Waals surface area contributed by atoms with Crippen molar-refractivity contribution < 1.29 is 33.7 Å². The van der Waals surface area contributed by atoms with Crippen molar-refractivity contribution in [2.45, 2.75) is 59.9 Å². The second kappa shape index (κ2) is 12.9. The summed E-state index contributed by atoms with van der Waals surface area (Å²) in [5.41, 5.74) is 7.36. The van der Waals surface area contributed by atoms with Crippen LogP contribution in [0.2, 0.25) is 0 Å². The Bertz CT molecular complexity index is 1400. The van der Waals surface area contributed by atoms with Crippen LogP contribution in [0.4, 0.5) is 17.1 Å². The second-order valence-electron chi connectivity index (χ2n) is 9.89. The molecule has 0 atom stereocenters. The van der Waals surface area contributed by atoms with E-state index in [4.69, 9.17) is 19.9 Å². The van der Waals surface area contributed by atoms with Gasteiger partial charge in [-0.15, -0.1) is 0 Å². The lowest BCUT2D eigenvalue weighted by Crippen LogP contribution is -2.17. The Kier molecular flexibility index (Phi) is 9.60. The van der Waals surface area contributed by atoms with E-state index in [1.807, 2.05) is 27.7 Å². The Morgan fingerprint density at radius 1 is 0.725 bits per heavy atom. The maximum absolute atomic E-state index is 13.0. The van der Waals surface area contributed by atoms with E-state index >= 15 is 0 Å². The van der Waals surface area contributed by atoms with Crippen LogP contribution >= 0.6 is 0 Å². The lowest BCUT2D eigenvalue weighted by atomic mass is 10.1. The van der Waals surface area contributed by atoms with Gasteiger partial charge in [-0.25, -0.2) is 4.79 Å². The first kappa shape index (κ1) is 29.8. The number of ether oxygens (including phenoxy) is 3. The Morgan fingerprint density at radius 3 is 1.98 bits per heavy atom. The minimum atomic E-state index is -0.618. The molecule has 5 N–H and O–H groups in total. The highest BCUT2D eigenvalue weighted by atomic mass is 16.5. The monoisotopic (exact) mass is 549 g/mol. The van der Waals surface area contributed by atoms with Gasteiger partial charge in [-0.3, -0.25) is 9.59 Å². The molecule has 0 bridgehead atoms. The Hall–Kier alpha value is -4.73. The van der Waals surface area contributed by atoms with E-state index in [2.05, 4.69) is 10.6 Å². The van der Waals surface area contributed by atoms with Gasteiger partial charge in [0.15, 0.2) is 0 Å². The molecular formula is C30H35N3O7. The van der Waals surface area contributed by atoms with E-state index in [0.717, 1.165) is 0 Å². The number of phenolic OH excluding ortho intramolecular Hbond substituents is 1. The predicted octanol–water partition coefficient (Wildman–Crippen LogP) is 5.62. The van der Waals surface area contributed by atoms with Crippen LogP contribution in [0.15, 0.2) is 54.6 Å². The highest BCUT2D eigenvalue weighted by Gasteiger charge is 2.19. The lowest BCUT2D eigenvalue weighted by Gasteiger charge is -2.17. The molecule has 3 aromatic carbocycles. The molecule has 3 aromatic rings. The van der Waals surface area contributed by atoms with Gasteiger partial charge in [-0.05, 0) is 84.0 Å². The van der Waals surface area contributed by atoms with Crippen molar-refractivity contribution in [3.05, 3.63) is 71.3 Å². The number of benzene rings is 3. The number of rotatable bonds is 10. The van der Waals surface area contributed by atoms with Crippen LogP contribution in [0.25, 0.3) is 0 Å². The fraction of sp³-hybridized carbons (Fsp3) is 0.300. The van der Waals surface area contributed by atoms with Gasteiger partial charge in [0.1, 0.15) is 17.2 Å². The Labute approximate surface area is 233 Å². The Morgan fingerprint density at radius 2 is 1.35 bits per heavy atom. The Balaban J connectivity index is 1.79. The molecule has 0 heterocycles. The van der Waals surface area contributed by atoms with E-state index in [9.17, 15) is 19.5 Å². The molecule has 0 saturated heterocycles. The molecule has 0 radical (unpaired) electrons. The number of carbonyl (C=O) groups excluding carboxylic acids is 3. The first-order chi connectivity index (χ1) is 18.8. The van der Waals surface area contributed by atoms with Crippen molar-refractivity contribution in [2.75, 3.05) is 16.4 Å². The third kappa shape index (κ3) is 7.89. The minimum Gasteiger partial charge on any atom is -0.507 e. The molecule has 10 nitrogen and oxygen atoms in total. The van der Waals surface area contributed by atoms with Gasteiger partial charge < -0.3 is 35.7 Å². The van der Waals surface area contributed by atoms with Gasteiger partial charge in [0.2, 0.25) is 0 Å². The number of anilines is 3. The van der Waals surface area contributed by atoms with Crippen molar-refractivity contribution in [1.82, 2.24) is 0 Å². The van der Waals surface area contributed by atoms with Crippen molar-refractivity contribution in [3.63, 3.8) is 0 Å². The van der Waals surface area contributed by atoms with Gasteiger partial charge in [0, 0.05) is 23.5 Å². The van der Waals surface area contributed by atoms with Crippen LogP contribution in [0.3, 0.4) is 0 Å². The largest absolute Gasteiger partial charge is 0.507 e. The molecule has 0 aliphatic carbocycles. The molecule has 212 valence electrons. The summed E-state index contributed by atoms with van der Waals surface area (Å²) in [5, 5.41) is 16.0. The van der Waals surface area contributed by atoms with Gasteiger partial charge >= 0.3 is 5.97 Å². The molecular weight excluding hydrogens is 514 g/mol. The van der Waals surface area contributed by atoms with Crippen molar-refractivity contribution >= 4 is 34.8 Å². The fourth-order valence-corrected chi connectivity index (χ4v) is 3.65. The SMILES string of the molecule is CC(C)OC(=O)c1ccc(NC(=O)c2ccc(NC(=O)c3ccc(N)cc3OC(C)C)cc2O)c(OC(C)C)c1. The summed E-state index contributed by atoms with van der Waals surface area (Å²) in [4.78, 5) is 38.3. The van der Waals surface area contributed by atoms with Gasteiger partial charge in [0.25, 0.3) is 11.8 Å². The summed E-state index contributed by atoms with van der Waals surface area (Å²) in [5.74, 6) is -1.36. The molecule has 10 heteroatoms. The number of nitrogens with one attached hydrogen (secondary N) is 2. The zero-order valence-electron chi connectivity index (χ0n) is 23.4. The van der Waals surface area contributed by atoms with Crippen LogP contribution in [0.1, 0.15) is 72.6 Å². The van der Waals surface area contributed by atoms with Crippen LogP contribution in [-0.4, -0.2) is 41.2 Å². The van der Waals surface area contributed by atoms with Crippen LogP contribution < -0.4 is 25.8 Å². The fourth-order valence-electron chi connectivity index (χ4n) is 3.65. The lowest BCUT2D eigenvalue weighted by molar-refractivity contribution is 0.0377. The normalized spacial score (nSPS) is 10.9. The summed E-state index contributed by atoms with van der Waals surface area (Å²) in [6, 6.07) is 13.4. The molecule has 3 rings (SSSR count). The number of hydrogen-bond acceptors (Lipinski definition) is 8. The molecule has 0 aliphatic rings. The number of esters is 1. The topological polar surface area (TPSA) is 149 Å². The summed E-state index contributed by atoms with van der Waals surface area (Å²) in [7, 11) is 0. The highest BCUT2D eigenvalue weighted by Crippen LogP contribution is 2.30. The minimum absolute atomic E-state index is 0.0342. The van der Waals surface area contributed by atoms with E-state index in [0.29, 0.717) is 17.1 Å². The molecule has 0 unspecified atom stereocenters. The third-order valence-electron chi connectivity index (χ3n) is 5.28. The number of amides is 2. The van der Waals surface area contributed by atoms with Gasteiger partial charge in [-0.2, -0.15) is 0 Å². The number of carbonyl (C=O) groups is 3. The zero-order chi connectivity index (χ0) is 29.6. The summed E-state index contributed by atoms with van der Waals surface area (Å²) in [6.45, 7) is 10.8. The van der Waals surface area contributed by atoms with Gasteiger partial charge in [-0.1, -0.05) is 0 Å². The van der Waals surface area contributed by atoms with E-state index in [1.54, 1.807) is 32.0 Å². The first-order valence-corrected chi connectivity index (χ1v) is 12.9. The molecule has 0 saturated carbocycles. The van der Waals surface area contributed by atoms with Crippen LogP contribution in [0.5, 0.6) is 17.2 Å². The van der Waals surface area contributed by atoms with Crippen molar-refractivity contribution in [1.29, 1.82) is 0 Å². The number of phenols is 1. The van der Waals surface area contributed by atoms with Crippen molar-refractivity contribution in [2.24, 2.45) is 0 Å². The third-order valence-corrected chi connectivity index (χ3v) is 5.28. The summed E-state index contributed by atoms with van der Waals surface area (Å²) < 4.78 is 16.8. The number of nitrogen functional groups attached to an aromatic ring is 1. The van der Waals surface area contributed by atoms with E-state index in [-0.39, 0.29) is 52.2 Å². The van der Waals surface area contributed by atoms with Crippen LogP contribution in [0, 0.1) is 0 Å². The van der Waals surface area contributed by atoms with Gasteiger partial charge in [0.05, 0.1) is 40.7 Å². The van der Waals surface area contributed by atoms with E-state index in [1.165, 1.54) is 36.4 Å². The zero-order valence-corrected chi connectivity index (χ0v) is 23.4. The maximum Gasteiger partial charge on any atom is 0.338 e. The second-order valence-corrected chi connectivity index (χ2v) is 9.89. The van der Waals surface area contributed by atoms with E-state index < -0.39 is 17.8 Å². The van der Waals surface area contributed by atoms with Crippen LogP contribution in [-0.2, 0) is 4.74 Å². The average Bonchev–Trinajstić information content (AvgIpc) is 2.84. The quantitative estimate of drug-likeness (QED) is 0.188. The highest BCUT2D eigenvalue weighted by molar-refractivity contribution is 6.09. The maximum atomic E-state index is 13.0. The molecule has 0 spiro atoms. The smallest absolute Gasteiger partial charge is 0.338 e. The summed E-state index contributed by atoms with van der Waals surface area (Å²) in [6.07, 6.45) is -0.707. The number of nitrogens with two attached hydrogens (primary N) is 1. The molecule has 40 heavy (non-hydrogen) atoms. The number of hydrogen-bond donors (Lipinski definition) is 4. The molecule has 0 aromatic heterocycles.